The molecule has 0 saturated heterocycles. The number of rotatable bonds is 2. The van der Waals surface area contributed by atoms with E-state index in [1.165, 1.54) is 0 Å². The quantitative estimate of drug-likeness (QED) is 0.429. The molecule has 0 aromatic heterocycles. The minimum atomic E-state index is -3.28. The molecule has 0 aromatic carbocycles. The van der Waals surface area contributed by atoms with Crippen LogP contribution in [0, 0.1) is 10.4 Å². The zero-order valence-electron chi connectivity index (χ0n) is 5.57. The minimum Gasteiger partial charge on any atom is -0.779 e. The van der Waals surface area contributed by atoms with Crippen LogP contribution in [0.4, 0.5) is 0 Å². The Labute approximate surface area is 53.9 Å². The maximum absolute atomic E-state index is 10.8. The van der Waals surface area contributed by atoms with Crippen molar-refractivity contribution >= 4 is 7.44 Å². The van der Waals surface area contributed by atoms with Crippen molar-refractivity contribution in [2.45, 2.75) is 0 Å². The zero-order valence-corrected chi connectivity index (χ0v) is 6.46. The third-order valence-electron chi connectivity index (χ3n) is 1.05. The van der Waals surface area contributed by atoms with Gasteiger partial charge in [0.25, 0.3) is 0 Å². The van der Waals surface area contributed by atoms with Crippen LogP contribution < -0.4 is 0 Å². The van der Waals surface area contributed by atoms with Crippen LogP contribution in [0.5, 0.6) is 0 Å². The smallest absolute Gasteiger partial charge is 0.189 e. The zero-order chi connectivity index (χ0) is 7.65. The Hall–Kier alpha value is 0.0700. The van der Waals surface area contributed by atoms with E-state index in [-0.39, 0.29) is 9.67 Å². The minimum absolute atomic E-state index is 0.181. The van der Waals surface area contributed by atoms with Crippen molar-refractivity contribution < 1.29 is 4.57 Å². The summed E-state index contributed by atoms with van der Waals surface area (Å²) in [4.78, 5) is 0.361. The number of hydrogen-bond acceptors (Lipinski definition) is 3. The van der Waals surface area contributed by atoms with Crippen molar-refractivity contribution in [1.82, 2.24) is 9.67 Å². The molecular formula is C3H9N2O3P-2. The second kappa shape index (κ2) is 2.77. The van der Waals surface area contributed by atoms with Gasteiger partial charge in [-0.1, -0.05) is 0 Å². The normalized spacial score (nSPS) is 13.2. The summed E-state index contributed by atoms with van der Waals surface area (Å²) in [5, 5.41) is 20.6. The van der Waals surface area contributed by atoms with E-state index < -0.39 is 7.44 Å². The van der Waals surface area contributed by atoms with Crippen molar-refractivity contribution in [3.05, 3.63) is 10.4 Å². The lowest BCUT2D eigenvalue weighted by molar-refractivity contribution is 0.485. The molecule has 0 radical (unpaired) electrons. The molecule has 0 spiro atoms. The van der Waals surface area contributed by atoms with Gasteiger partial charge in [-0.15, -0.1) is 0 Å². The first-order valence-electron chi connectivity index (χ1n) is 2.29. The summed E-state index contributed by atoms with van der Waals surface area (Å²) >= 11 is 0. The summed E-state index contributed by atoms with van der Waals surface area (Å²) in [6, 6.07) is 0. The molecule has 0 N–H and O–H groups in total. The van der Waals surface area contributed by atoms with Crippen LogP contribution in [0.2, 0.25) is 0 Å². The Bertz CT molecular complexity index is 123. The molecule has 6 heteroatoms. The van der Waals surface area contributed by atoms with E-state index in [1.54, 1.807) is 0 Å². The first-order chi connectivity index (χ1) is 3.89. The van der Waals surface area contributed by atoms with E-state index in [4.69, 9.17) is 0 Å². The fourth-order valence-electron chi connectivity index (χ4n) is 0.177. The molecule has 0 rings (SSSR count). The molecular weight excluding hydrogens is 143 g/mol. The van der Waals surface area contributed by atoms with Gasteiger partial charge in [-0.2, -0.15) is 0 Å². The first kappa shape index (κ1) is 9.07. The lowest BCUT2D eigenvalue weighted by Crippen LogP contribution is -2.16. The second-order valence-corrected chi connectivity index (χ2v) is 4.56. The summed E-state index contributed by atoms with van der Waals surface area (Å²) in [5.41, 5.74) is 0. The van der Waals surface area contributed by atoms with Crippen molar-refractivity contribution in [3.63, 3.8) is 0 Å². The third-order valence-corrected chi connectivity index (χ3v) is 3.14. The van der Waals surface area contributed by atoms with Gasteiger partial charge >= 0.3 is 0 Å². The molecule has 0 aliphatic rings. The van der Waals surface area contributed by atoms with Crippen LogP contribution in [0.3, 0.4) is 0 Å². The molecule has 9 heavy (non-hydrogen) atoms. The van der Waals surface area contributed by atoms with E-state index in [0.717, 1.165) is 20.8 Å². The molecule has 0 amide bonds. The largest absolute Gasteiger partial charge is 0.779 e. The number of hydroxylamine groups is 2. The maximum atomic E-state index is 10.8. The molecule has 0 aliphatic heterocycles. The SMILES string of the molecule is CN([O-])P(C)(=O)N(C)[O-]. The average Bonchev–Trinajstić information content (AvgIpc) is 1.65. The van der Waals surface area contributed by atoms with Crippen molar-refractivity contribution in [2.75, 3.05) is 20.8 Å². The summed E-state index contributed by atoms with van der Waals surface area (Å²) in [5.74, 6) is 0. The first-order valence-corrected chi connectivity index (χ1v) is 4.35. The number of nitrogens with zero attached hydrogens (tertiary/aromatic N) is 2. The van der Waals surface area contributed by atoms with E-state index in [9.17, 15) is 15.0 Å². The van der Waals surface area contributed by atoms with E-state index >= 15 is 0 Å². The Morgan fingerprint density at radius 3 is 1.44 bits per heavy atom. The molecule has 0 aliphatic carbocycles. The highest BCUT2D eigenvalue weighted by atomic mass is 31.2. The van der Waals surface area contributed by atoms with Crippen molar-refractivity contribution in [1.29, 1.82) is 0 Å². The molecule has 0 unspecified atom stereocenters. The Morgan fingerprint density at radius 2 is 1.44 bits per heavy atom. The lowest BCUT2D eigenvalue weighted by Gasteiger charge is -2.40. The van der Waals surface area contributed by atoms with Crippen LogP contribution in [-0.4, -0.2) is 30.4 Å². The Morgan fingerprint density at radius 1 is 1.22 bits per heavy atom. The molecule has 0 atom stereocenters. The molecule has 5 nitrogen and oxygen atoms in total. The lowest BCUT2D eigenvalue weighted by atomic mass is 11.5. The topological polar surface area (TPSA) is 69.7 Å². The molecule has 0 bridgehead atoms. The summed E-state index contributed by atoms with van der Waals surface area (Å²) in [6.07, 6.45) is 0. The fourth-order valence-corrected chi connectivity index (χ4v) is 0.532. The van der Waals surface area contributed by atoms with Gasteiger partial charge in [-0.05, 0) is 14.1 Å². The molecule has 56 valence electrons. The van der Waals surface area contributed by atoms with Gasteiger partial charge in [0.05, 0.1) is 0 Å². The van der Waals surface area contributed by atoms with Crippen LogP contribution in [0.25, 0.3) is 0 Å². The van der Waals surface area contributed by atoms with Crippen LogP contribution in [0.1, 0.15) is 0 Å². The van der Waals surface area contributed by atoms with Gasteiger partial charge in [0.2, 0.25) is 0 Å². The predicted octanol–water partition coefficient (Wildman–Crippen LogP) is 0.668. The van der Waals surface area contributed by atoms with E-state index in [2.05, 4.69) is 0 Å². The predicted molar refractivity (Wildman–Crippen MR) is 35.8 cm³/mol. The second-order valence-electron chi connectivity index (χ2n) is 1.76. The third kappa shape index (κ3) is 2.04. The summed E-state index contributed by atoms with van der Waals surface area (Å²) in [7, 11) is -1.15. The average molecular weight is 152 g/mol. The van der Waals surface area contributed by atoms with Crippen LogP contribution >= 0.6 is 7.44 Å². The van der Waals surface area contributed by atoms with Gasteiger partial charge in [0, 0.05) is 6.66 Å². The van der Waals surface area contributed by atoms with E-state index in [0.29, 0.717) is 0 Å². The van der Waals surface area contributed by atoms with Gasteiger partial charge in [-0.25, -0.2) is 0 Å². The van der Waals surface area contributed by atoms with Crippen molar-refractivity contribution in [2.24, 2.45) is 0 Å². The van der Waals surface area contributed by atoms with Crippen LogP contribution in [-0.2, 0) is 4.57 Å². The Kier molecular flexibility index (Phi) is 2.79. The molecule has 0 fully saturated rings. The maximum Gasteiger partial charge on any atom is 0.189 e. The fraction of sp³-hybridized carbons (Fsp3) is 1.00. The van der Waals surface area contributed by atoms with Gasteiger partial charge in [0.15, 0.2) is 7.44 Å². The van der Waals surface area contributed by atoms with Gasteiger partial charge in [-0.3, -0.25) is 4.57 Å². The standard InChI is InChI=1S/C3H9N2O3P/c1-4(6)9(3,8)5(2)7/h1-3H3/q-2. The monoisotopic (exact) mass is 152 g/mol. The van der Waals surface area contributed by atoms with Crippen LogP contribution in [0.15, 0.2) is 0 Å². The molecule has 0 saturated carbocycles. The Balaban J connectivity index is 4.21. The highest BCUT2D eigenvalue weighted by molar-refractivity contribution is 7.58. The van der Waals surface area contributed by atoms with E-state index in [1.807, 2.05) is 0 Å². The van der Waals surface area contributed by atoms with Gasteiger partial charge in [0.1, 0.15) is 0 Å². The molecule has 0 heterocycles. The highest BCUT2D eigenvalue weighted by Gasteiger charge is 2.11. The van der Waals surface area contributed by atoms with Gasteiger partial charge < -0.3 is 20.1 Å². The highest BCUT2D eigenvalue weighted by Crippen LogP contribution is 2.45. The molecule has 0 aromatic rings. The summed E-state index contributed by atoms with van der Waals surface area (Å²) in [6.45, 7) is 1.12. The summed E-state index contributed by atoms with van der Waals surface area (Å²) < 4.78 is 10.8. The number of hydrogen-bond donors (Lipinski definition) is 0. The van der Waals surface area contributed by atoms with Crippen molar-refractivity contribution in [3.8, 4) is 0 Å².